The highest BCUT2D eigenvalue weighted by atomic mass is 16.7. The maximum absolute atomic E-state index is 12.5. The van der Waals surface area contributed by atoms with Gasteiger partial charge in [-0.1, -0.05) is 54.0 Å². The van der Waals surface area contributed by atoms with Crippen LogP contribution in [0.2, 0.25) is 0 Å². The lowest BCUT2D eigenvalue weighted by Gasteiger charge is -2.17. The highest BCUT2D eigenvalue weighted by molar-refractivity contribution is 5.76. The molecule has 0 aliphatic heterocycles. The number of hydrogen-bond donors (Lipinski definition) is 1. The van der Waals surface area contributed by atoms with E-state index in [0.717, 1.165) is 6.42 Å². The lowest BCUT2D eigenvalue weighted by atomic mass is 10.1. The maximum Gasteiger partial charge on any atom is 0.513 e. The molecule has 11 nitrogen and oxygen atoms in total. The van der Waals surface area contributed by atoms with Crippen molar-refractivity contribution in [3.63, 3.8) is 0 Å². The summed E-state index contributed by atoms with van der Waals surface area (Å²) < 4.78 is 31.2. The van der Waals surface area contributed by atoms with Crippen LogP contribution in [0, 0.1) is 17.8 Å². The van der Waals surface area contributed by atoms with E-state index >= 15 is 0 Å². The van der Waals surface area contributed by atoms with Crippen molar-refractivity contribution in [2.75, 3.05) is 19.8 Å². The van der Waals surface area contributed by atoms with Crippen molar-refractivity contribution in [2.45, 2.75) is 92.7 Å². The average molecular weight is 582 g/mol. The average Bonchev–Trinajstić information content (AvgIpc) is 2.88. The van der Waals surface area contributed by atoms with Gasteiger partial charge in [0.25, 0.3) is 0 Å². The molecule has 0 radical (unpaired) electrons. The van der Waals surface area contributed by atoms with Crippen molar-refractivity contribution >= 4 is 24.2 Å². The monoisotopic (exact) mass is 581 g/mol. The van der Waals surface area contributed by atoms with Gasteiger partial charge in [-0.3, -0.25) is 9.59 Å². The van der Waals surface area contributed by atoms with Gasteiger partial charge in [0, 0.05) is 6.42 Å². The van der Waals surface area contributed by atoms with Crippen molar-refractivity contribution < 1.29 is 47.6 Å². The third kappa shape index (κ3) is 15.9. The molecule has 0 fully saturated rings. The van der Waals surface area contributed by atoms with Gasteiger partial charge in [-0.05, 0) is 61.6 Å². The maximum atomic E-state index is 12.5. The van der Waals surface area contributed by atoms with Crippen LogP contribution in [0.3, 0.4) is 0 Å². The number of benzene rings is 1. The summed E-state index contributed by atoms with van der Waals surface area (Å²) in [5.41, 5.74) is 6.55. The Labute approximate surface area is 243 Å². The number of carbonyl (C=O) groups is 4. The van der Waals surface area contributed by atoms with E-state index in [4.69, 9.17) is 34.2 Å². The molecule has 0 aliphatic rings. The van der Waals surface area contributed by atoms with Crippen molar-refractivity contribution in [2.24, 2.45) is 23.5 Å². The summed E-state index contributed by atoms with van der Waals surface area (Å²) in [6.07, 6.45) is -0.0639. The van der Waals surface area contributed by atoms with E-state index in [2.05, 4.69) is 0 Å². The molecule has 0 heterocycles. The van der Waals surface area contributed by atoms with Crippen LogP contribution in [0.15, 0.2) is 18.2 Å². The van der Waals surface area contributed by atoms with E-state index in [9.17, 15) is 19.2 Å². The van der Waals surface area contributed by atoms with Gasteiger partial charge in [-0.2, -0.15) is 0 Å². The zero-order valence-corrected chi connectivity index (χ0v) is 25.4. The summed E-state index contributed by atoms with van der Waals surface area (Å²) in [5.74, 6) is -0.340. The Kier molecular flexibility index (Phi) is 16.5. The zero-order valence-electron chi connectivity index (χ0n) is 25.4. The molecule has 1 aromatic carbocycles. The fourth-order valence-electron chi connectivity index (χ4n) is 3.22. The molecule has 3 atom stereocenters. The van der Waals surface area contributed by atoms with Gasteiger partial charge in [-0.15, -0.1) is 0 Å². The van der Waals surface area contributed by atoms with Gasteiger partial charge in [-0.25, -0.2) is 9.59 Å². The summed E-state index contributed by atoms with van der Waals surface area (Å²) in [5, 5.41) is 0. The molecule has 11 heteroatoms. The van der Waals surface area contributed by atoms with Gasteiger partial charge in [0.05, 0.1) is 13.2 Å². The number of carbonyl (C=O) groups excluding carboxylic acids is 4. The van der Waals surface area contributed by atoms with Crippen molar-refractivity contribution in [3.8, 4) is 11.5 Å². The van der Waals surface area contributed by atoms with Crippen molar-refractivity contribution in [1.29, 1.82) is 0 Å². The van der Waals surface area contributed by atoms with E-state index < -0.39 is 30.4 Å². The number of ether oxygens (including phenoxy) is 6. The zero-order chi connectivity index (χ0) is 30.9. The lowest BCUT2D eigenvalue weighted by Crippen LogP contribution is -2.36. The quantitative estimate of drug-likeness (QED) is 0.139. The van der Waals surface area contributed by atoms with Gasteiger partial charge < -0.3 is 34.2 Å². The Bertz CT molecular complexity index is 978. The minimum Gasteiger partial charge on any atom is -0.461 e. The Morgan fingerprint density at radius 1 is 0.805 bits per heavy atom. The highest BCUT2D eigenvalue weighted by Crippen LogP contribution is 2.30. The van der Waals surface area contributed by atoms with Crippen LogP contribution in [-0.4, -0.2) is 56.2 Å². The van der Waals surface area contributed by atoms with Gasteiger partial charge in [0.2, 0.25) is 0 Å². The number of esters is 2. The SMILES string of the molecule is CCC(C)CC(=O)O[C@@H](C)COC(=O)[C@@H](N)Cc1ccc(OC(=O)OCCC(C)C)c(OC(=O)OCCC(C)C)c1. The van der Waals surface area contributed by atoms with Crippen molar-refractivity contribution in [3.05, 3.63) is 23.8 Å². The third-order valence-corrected chi connectivity index (χ3v) is 5.99. The molecule has 1 rings (SSSR count). The van der Waals surface area contributed by atoms with Crippen LogP contribution < -0.4 is 15.2 Å². The Morgan fingerprint density at radius 2 is 1.37 bits per heavy atom. The minimum absolute atomic E-state index is 0.0267. The molecule has 0 amide bonds. The van der Waals surface area contributed by atoms with E-state index in [1.807, 2.05) is 41.5 Å². The van der Waals surface area contributed by atoms with Crippen LogP contribution in [0.5, 0.6) is 11.5 Å². The molecule has 0 spiro atoms. The standard InChI is InChI=1S/C30H47NO10/c1-8-21(6)15-27(32)39-22(7)18-38-28(33)24(31)16-23-9-10-25(40-29(34)36-13-11-19(2)3)26(17-23)41-30(35)37-14-12-20(4)5/h9-10,17,19-22,24H,8,11-16,18,31H2,1-7H3/t21?,22-,24-/m0/s1. The predicted octanol–water partition coefficient (Wildman–Crippen LogP) is 5.59. The molecule has 0 saturated carbocycles. The van der Waals surface area contributed by atoms with Crippen LogP contribution >= 0.6 is 0 Å². The molecule has 1 aromatic rings. The smallest absolute Gasteiger partial charge is 0.461 e. The first-order valence-electron chi connectivity index (χ1n) is 14.2. The summed E-state index contributed by atoms with van der Waals surface area (Å²) in [7, 11) is 0. The largest absolute Gasteiger partial charge is 0.513 e. The number of rotatable bonds is 17. The number of hydrogen-bond acceptors (Lipinski definition) is 11. The Morgan fingerprint density at radius 3 is 1.90 bits per heavy atom. The van der Waals surface area contributed by atoms with E-state index in [1.54, 1.807) is 13.0 Å². The molecule has 0 aromatic heterocycles. The molecule has 0 bridgehead atoms. The summed E-state index contributed by atoms with van der Waals surface area (Å²) in [4.78, 5) is 48.9. The number of nitrogens with two attached hydrogens (primary N) is 1. The van der Waals surface area contributed by atoms with Crippen molar-refractivity contribution in [1.82, 2.24) is 0 Å². The Balaban J connectivity index is 2.83. The highest BCUT2D eigenvalue weighted by Gasteiger charge is 2.22. The molecule has 232 valence electrons. The van der Waals surface area contributed by atoms with Gasteiger partial charge >= 0.3 is 24.2 Å². The molecular weight excluding hydrogens is 534 g/mol. The minimum atomic E-state index is -1.06. The fraction of sp³-hybridized carbons (Fsp3) is 0.667. The second-order valence-corrected chi connectivity index (χ2v) is 11.0. The van der Waals surface area contributed by atoms with E-state index in [0.29, 0.717) is 36.7 Å². The third-order valence-electron chi connectivity index (χ3n) is 5.99. The lowest BCUT2D eigenvalue weighted by molar-refractivity contribution is -0.159. The second-order valence-electron chi connectivity index (χ2n) is 11.0. The molecule has 2 N–H and O–H groups in total. The molecular formula is C30H47NO10. The van der Waals surface area contributed by atoms with Gasteiger partial charge in [0.15, 0.2) is 11.5 Å². The van der Waals surface area contributed by atoms with Crippen LogP contribution in [0.25, 0.3) is 0 Å². The summed E-state index contributed by atoms with van der Waals surface area (Å²) in [6, 6.07) is 3.34. The molecule has 0 saturated heterocycles. The molecule has 41 heavy (non-hydrogen) atoms. The first kappa shape index (κ1) is 35.7. The topological polar surface area (TPSA) is 150 Å². The van der Waals surface area contributed by atoms with Crippen LogP contribution in [0.1, 0.15) is 79.7 Å². The van der Waals surface area contributed by atoms with Crippen LogP contribution in [-0.2, 0) is 35.0 Å². The second kappa shape index (κ2) is 18.9. The predicted molar refractivity (Wildman–Crippen MR) is 152 cm³/mol. The normalized spacial score (nSPS) is 13.2. The first-order chi connectivity index (χ1) is 19.3. The van der Waals surface area contributed by atoms with E-state index in [1.165, 1.54) is 12.1 Å². The Hall–Kier alpha value is -3.34. The fourth-order valence-corrected chi connectivity index (χ4v) is 3.22. The molecule has 1 unspecified atom stereocenters. The summed E-state index contributed by atoms with van der Waals surface area (Å²) in [6.45, 7) is 13.7. The van der Waals surface area contributed by atoms with Gasteiger partial charge in [0.1, 0.15) is 18.8 Å². The molecule has 0 aliphatic carbocycles. The van der Waals surface area contributed by atoms with E-state index in [-0.39, 0.29) is 49.6 Å². The van der Waals surface area contributed by atoms with Crippen LogP contribution in [0.4, 0.5) is 9.59 Å². The first-order valence-corrected chi connectivity index (χ1v) is 14.2. The summed E-state index contributed by atoms with van der Waals surface area (Å²) >= 11 is 0.